The summed E-state index contributed by atoms with van der Waals surface area (Å²) in [6.45, 7) is 1.22. The van der Waals surface area contributed by atoms with Gasteiger partial charge in [0.2, 0.25) is 10.0 Å². The minimum absolute atomic E-state index is 0.0738. The number of nitrogens with one attached hydrogen (secondary N) is 1. The Labute approximate surface area is 163 Å². The standard InChI is InChI=1S/C19H21FN2O5S/c1-26-17-6-5-15(19(23)21-13-14-3-2-4-16(20)11-14)12-18(17)28(24,25)22-7-9-27-10-8-22/h2-6,11-12H,7-10,13H2,1H3,(H,21,23). The third-order valence-electron chi connectivity index (χ3n) is 4.36. The first-order valence-electron chi connectivity index (χ1n) is 8.70. The van der Waals surface area contributed by atoms with Crippen LogP contribution in [0.3, 0.4) is 0 Å². The van der Waals surface area contributed by atoms with E-state index < -0.39 is 21.7 Å². The third-order valence-corrected chi connectivity index (χ3v) is 6.28. The van der Waals surface area contributed by atoms with Gasteiger partial charge in [0.15, 0.2) is 0 Å². The van der Waals surface area contributed by atoms with Crippen molar-refractivity contribution in [2.75, 3.05) is 33.4 Å². The summed E-state index contributed by atoms with van der Waals surface area (Å²) >= 11 is 0. The molecule has 150 valence electrons. The normalized spacial score (nSPS) is 15.2. The van der Waals surface area contributed by atoms with Crippen LogP contribution in [0.1, 0.15) is 15.9 Å². The number of carbonyl (C=O) groups excluding carboxylic acids is 1. The number of methoxy groups -OCH3 is 1. The van der Waals surface area contributed by atoms with Crippen LogP contribution in [0.5, 0.6) is 5.75 Å². The number of hydrogen-bond donors (Lipinski definition) is 1. The predicted octanol–water partition coefficient (Wildman–Crippen LogP) is 1.79. The molecule has 1 saturated heterocycles. The number of ether oxygens (including phenoxy) is 2. The van der Waals surface area contributed by atoms with Gasteiger partial charge < -0.3 is 14.8 Å². The summed E-state index contributed by atoms with van der Waals surface area (Å²) in [7, 11) is -2.46. The van der Waals surface area contributed by atoms with Gasteiger partial charge in [-0.05, 0) is 35.9 Å². The summed E-state index contributed by atoms with van der Waals surface area (Å²) < 4.78 is 50.9. The van der Waals surface area contributed by atoms with E-state index in [0.717, 1.165) is 0 Å². The Bertz CT molecular complexity index is 959. The number of benzene rings is 2. The Balaban J connectivity index is 1.82. The quantitative estimate of drug-likeness (QED) is 0.788. The molecule has 0 aliphatic carbocycles. The summed E-state index contributed by atoms with van der Waals surface area (Å²) in [5, 5.41) is 2.66. The maximum Gasteiger partial charge on any atom is 0.251 e. The molecule has 0 bridgehead atoms. The number of amides is 1. The zero-order valence-corrected chi connectivity index (χ0v) is 16.2. The van der Waals surface area contributed by atoms with Crippen LogP contribution in [-0.4, -0.2) is 52.0 Å². The van der Waals surface area contributed by atoms with Crippen LogP contribution >= 0.6 is 0 Å². The molecule has 1 aliphatic rings. The van der Waals surface area contributed by atoms with Crippen LogP contribution in [0.2, 0.25) is 0 Å². The molecule has 7 nitrogen and oxygen atoms in total. The summed E-state index contributed by atoms with van der Waals surface area (Å²) in [5.74, 6) is -0.700. The number of sulfonamides is 1. The van der Waals surface area contributed by atoms with Crippen LogP contribution in [0.15, 0.2) is 47.4 Å². The molecule has 0 saturated carbocycles. The molecule has 1 amide bonds. The van der Waals surface area contributed by atoms with Gasteiger partial charge in [0.25, 0.3) is 5.91 Å². The SMILES string of the molecule is COc1ccc(C(=O)NCc2cccc(F)c2)cc1S(=O)(=O)N1CCOCC1. The first kappa shape index (κ1) is 20.2. The van der Waals surface area contributed by atoms with Gasteiger partial charge >= 0.3 is 0 Å². The maximum absolute atomic E-state index is 13.3. The second-order valence-electron chi connectivity index (χ2n) is 6.19. The number of hydrogen-bond acceptors (Lipinski definition) is 5. The Morgan fingerprint density at radius 1 is 1.21 bits per heavy atom. The third kappa shape index (κ3) is 4.49. The average Bonchev–Trinajstić information content (AvgIpc) is 2.72. The molecule has 0 spiro atoms. The molecular formula is C19H21FN2O5S. The number of carbonyl (C=O) groups is 1. The van der Waals surface area contributed by atoms with Gasteiger partial charge in [-0.1, -0.05) is 12.1 Å². The van der Waals surface area contributed by atoms with Crippen molar-refractivity contribution in [3.63, 3.8) is 0 Å². The van der Waals surface area contributed by atoms with Crippen LogP contribution in [0, 0.1) is 5.82 Å². The van der Waals surface area contributed by atoms with Crippen LogP contribution in [0.4, 0.5) is 4.39 Å². The molecule has 2 aromatic carbocycles. The van der Waals surface area contributed by atoms with E-state index in [2.05, 4.69) is 5.32 Å². The lowest BCUT2D eigenvalue weighted by Crippen LogP contribution is -2.40. The molecule has 28 heavy (non-hydrogen) atoms. The van der Waals surface area contributed by atoms with Crippen molar-refractivity contribution in [1.82, 2.24) is 9.62 Å². The molecule has 1 heterocycles. The van der Waals surface area contributed by atoms with E-state index in [9.17, 15) is 17.6 Å². The lowest BCUT2D eigenvalue weighted by molar-refractivity contribution is 0.0729. The van der Waals surface area contributed by atoms with E-state index in [4.69, 9.17) is 9.47 Å². The Kier molecular flexibility index (Phi) is 6.28. The van der Waals surface area contributed by atoms with Crippen LogP contribution < -0.4 is 10.1 Å². The number of nitrogens with zero attached hydrogens (tertiary/aromatic N) is 1. The van der Waals surface area contributed by atoms with Gasteiger partial charge in [-0.25, -0.2) is 12.8 Å². The molecule has 1 aliphatic heterocycles. The molecule has 0 radical (unpaired) electrons. The second-order valence-corrected chi connectivity index (χ2v) is 8.10. The van der Waals surface area contributed by atoms with E-state index >= 15 is 0 Å². The fraction of sp³-hybridized carbons (Fsp3) is 0.316. The molecule has 1 fully saturated rings. The minimum Gasteiger partial charge on any atom is -0.495 e. The van der Waals surface area contributed by atoms with Crippen molar-refractivity contribution < 1.29 is 27.1 Å². The van der Waals surface area contributed by atoms with Crippen molar-refractivity contribution in [1.29, 1.82) is 0 Å². The van der Waals surface area contributed by atoms with E-state index in [1.165, 1.54) is 41.7 Å². The number of halogens is 1. The number of rotatable bonds is 6. The molecule has 0 aromatic heterocycles. The maximum atomic E-state index is 13.3. The molecule has 2 aromatic rings. The van der Waals surface area contributed by atoms with Gasteiger partial charge in [0, 0.05) is 25.2 Å². The fourth-order valence-electron chi connectivity index (χ4n) is 2.88. The summed E-state index contributed by atoms with van der Waals surface area (Å²) in [6.07, 6.45) is 0. The topological polar surface area (TPSA) is 84.9 Å². The van der Waals surface area contributed by atoms with Gasteiger partial charge in [-0.3, -0.25) is 4.79 Å². The van der Waals surface area contributed by atoms with E-state index in [1.807, 2.05) is 0 Å². The van der Waals surface area contributed by atoms with Crippen molar-refractivity contribution >= 4 is 15.9 Å². The summed E-state index contributed by atoms with van der Waals surface area (Å²) in [4.78, 5) is 12.4. The van der Waals surface area contributed by atoms with Gasteiger partial charge in [0.05, 0.1) is 20.3 Å². The van der Waals surface area contributed by atoms with Crippen molar-refractivity contribution in [3.05, 3.63) is 59.4 Å². The van der Waals surface area contributed by atoms with Crippen LogP contribution in [0.25, 0.3) is 0 Å². The van der Waals surface area contributed by atoms with Crippen molar-refractivity contribution in [2.45, 2.75) is 11.4 Å². The van der Waals surface area contributed by atoms with Crippen molar-refractivity contribution in [2.24, 2.45) is 0 Å². The number of morpholine rings is 1. The first-order valence-corrected chi connectivity index (χ1v) is 10.1. The summed E-state index contributed by atoms with van der Waals surface area (Å²) in [6, 6.07) is 10.1. The summed E-state index contributed by atoms with van der Waals surface area (Å²) in [5.41, 5.74) is 0.770. The molecule has 9 heteroatoms. The zero-order valence-electron chi connectivity index (χ0n) is 15.4. The Hall–Kier alpha value is -2.49. The smallest absolute Gasteiger partial charge is 0.251 e. The molecule has 0 atom stereocenters. The lowest BCUT2D eigenvalue weighted by atomic mass is 10.2. The van der Waals surface area contributed by atoms with Crippen molar-refractivity contribution in [3.8, 4) is 5.75 Å². The Morgan fingerprint density at radius 3 is 2.64 bits per heavy atom. The molecule has 1 N–H and O–H groups in total. The van der Waals surface area contributed by atoms with E-state index in [1.54, 1.807) is 12.1 Å². The van der Waals surface area contributed by atoms with Gasteiger partial charge in [-0.15, -0.1) is 0 Å². The fourth-order valence-corrected chi connectivity index (χ4v) is 4.47. The Morgan fingerprint density at radius 2 is 1.96 bits per heavy atom. The molecule has 3 rings (SSSR count). The highest BCUT2D eigenvalue weighted by atomic mass is 32.2. The van der Waals surface area contributed by atoms with E-state index in [-0.39, 0.29) is 35.8 Å². The predicted molar refractivity (Wildman–Crippen MR) is 100 cm³/mol. The highest BCUT2D eigenvalue weighted by molar-refractivity contribution is 7.89. The second kappa shape index (κ2) is 8.68. The highest BCUT2D eigenvalue weighted by Crippen LogP contribution is 2.28. The van der Waals surface area contributed by atoms with Gasteiger partial charge in [-0.2, -0.15) is 4.31 Å². The first-order chi connectivity index (χ1) is 13.4. The zero-order chi connectivity index (χ0) is 20.1. The lowest BCUT2D eigenvalue weighted by Gasteiger charge is -2.26. The highest BCUT2D eigenvalue weighted by Gasteiger charge is 2.30. The van der Waals surface area contributed by atoms with E-state index in [0.29, 0.717) is 18.8 Å². The van der Waals surface area contributed by atoms with Crippen LogP contribution in [-0.2, 0) is 21.3 Å². The van der Waals surface area contributed by atoms with Gasteiger partial charge in [0.1, 0.15) is 16.5 Å². The largest absolute Gasteiger partial charge is 0.495 e. The molecule has 0 unspecified atom stereocenters. The molecular weight excluding hydrogens is 387 g/mol. The monoisotopic (exact) mass is 408 g/mol. The average molecular weight is 408 g/mol. The minimum atomic E-state index is -3.83.